The van der Waals surface area contributed by atoms with Gasteiger partial charge >= 0.3 is 5.97 Å². The van der Waals surface area contributed by atoms with E-state index in [4.69, 9.17) is 15.6 Å². The van der Waals surface area contributed by atoms with Crippen LogP contribution in [0, 0.1) is 0 Å². The standard InChI is InChI=1S/C10H13N3O3/c11-8-5-7(10(14)15)6-12-9(8)13-1-3-16-4-2-13/h5-6H,1-4,11H2,(H,14,15). The van der Waals surface area contributed by atoms with Crippen LogP contribution >= 0.6 is 0 Å². The first kappa shape index (κ1) is 10.7. The van der Waals surface area contributed by atoms with E-state index in [2.05, 4.69) is 4.98 Å². The first-order valence-corrected chi connectivity index (χ1v) is 5.00. The van der Waals surface area contributed by atoms with Gasteiger partial charge in [-0.15, -0.1) is 0 Å². The molecule has 1 aromatic rings. The van der Waals surface area contributed by atoms with Gasteiger partial charge in [0.25, 0.3) is 0 Å². The van der Waals surface area contributed by atoms with E-state index in [1.165, 1.54) is 12.3 Å². The summed E-state index contributed by atoms with van der Waals surface area (Å²) in [6.45, 7) is 2.73. The maximum Gasteiger partial charge on any atom is 0.337 e. The predicted octanol–water partition coefficient (Wildman–Crippen LogP) is 0.199. The normalized spacial score (nSPS) is 16.1. The number of pyridine rings is 1. The average Bonchev–Trinajstić information content (AvgIpc) is 2.30. The molecule has 2 rings (SSSR count). The van der Waals surface area contributed by atoms with E-state index in [1.807, 2.05) is 4.90 Å². The number of carboxylic acids is 1. The fourth-order valence-corrected chi connectivity index (χ4v) is 1.63. The van der Waals surface area contributed by atoms with E-state index in [-0.39, 0.29) is 5.56 Å². The van der Waals surface area contributed by atoms with Crippen molar-refractivity contribution < 1.29 is 14.6 Å². The van der Waals surface area contributed by atoms with Crippen LogP contribution in [-0.2, 0) is 4.74 Å². The van der Waals surface area contributed by atoms with Gasteiger partial charge in [0.05, 0.1) is 24.5 Å². The molecule has 1 saturated heterocycles. The summed E-state index contributed by atoms with van der Waals surface area (Å²) in [6.07, 6.45) is 1.32. The number of morpholine rings is 1. The number of nitrogens with two attached hydrogens (primary N) is 1. The third kappa shape index (κ3) is 2.06. The van der Waals surface area contributed by atoms with Crippen molar-refractivity contribution in [2.75, 3.05) is 36.9 Å². The van der Waals surface area contributed by atoms with Crippen LogP contribution in [0.4, 0.5) is 11.5 Å². The maximum absolute atomic E-state index is 10.7. The van der Waals surface area contributed by atoms with Gasteiger partial charge in [-0.25, -0.2) is 9.78 Å². The summed E-state index contributed by atoms with van der Waals surface area (Å²) in [6, 6.07) is 1.43. The first-order valence-electron chi connectivity index (χ1n) is 5.00. The molecule has 1 aliphatic heterocycles. The number of hydrogen-bond acceptors (Lipinski definition) is 5. The fourth-order valence-electron chi connectivity index (χ4n) is 1.63. The van der Waals surface area contributed by atoms with Crippen LogP contribution in [0.25, 0.3) is 0 Å². The van der Waals surface area contributed by atoms with Gasteiger partial charge in [0.15, 0.2) is 5.82 Å². The Labute approximate surface area is 92.6 Å². The zero-order chi connectivity index (χ0) is 11.5. The molecule has 0 unspecified atom stereocenters. The van der Waals surface area contributed by atoms with E-state index in [0.717, 1.165) is 13.1 Å². The second kappa shape index (κ2) is 4.36. The van der Waals surface area contributed by atoms with E-state index >= 15 is 0 Å². The van der Waals surface area contributed by atoms with E-state index < -0.39 is 5.97 Å². The summed E-state index contributed by atoms with van der Waals surface area (Å²) in [7, 11) is 0. The molecule has 2 heterocycles. The number of aromatic nitrogens is 1. The molecule has 0 aromatic carbocycles. The number of anilines is 2. The van der Waals surface area contributed by atoms with Crippen LogP contribution in [0.2, 0.25) is 0 Å². The summed E-state index contributed by atoms with van der Waals surface area (Å²) in [5.41, 5.74) is 6.28. The molecular weight excluding hydrogens is 210 g/mol. The number of ether oxygens (including phenoxy) is 1. The Morgan fingerprint density at radius 2 is 2.19 bits per heavy atom. The molecule has 0 bridgehead atoms. The molecule has 0 amide bonds. The third-order valence-corrected chi connectivity index (χ3v) is 2.45. The Morgan fingerprint density at radius 1 is 1.50 bits per heavy atom. The Kier molecular flexibility index (Phi) is 2.91. The topological polar surface area (TPSA) is 88.7 Å². The van der Waals surface area contributed by atoms with Crippen LogP contribution in [0.1, 0.15) is 10.4 Å². The summed E-state index contributed by atoms with van der Waals surface area (Å²) in [5.74, 6) is -0.388. The van der Waals surface area contributed by atoms with Crippen molar-refractivity contribution >= 4 is 17.5 Å². The van der Waals surface area contributed by atoms with Gasteiger partial charge in [0.2, 0.25) is 0 Å². The first-order chi connectivity index (χ1) is 7.68. The van der Waals surface area contributed by atoms with Crippen LogP contribution < -0.4 is 10.6 Å². The Balaban J connectivity index is 2.24. The molecule has 1 fully saturated rings. The molecular formula is C10H13N3O3. The zero-order valence-electron chi connectivity index (χ0n) is 8.72. The third-order valence-electron chi connectivity index (χ3n) is 2.45. The number of hydrogen-bond donors (Lipinski definition) is 2. The van der Waals surface area contributed by atoms with Crippen molar-refractivity contribution in [1.82, 2.24) is 4.98 Å². The molecule has 0 atom stereocenters. The summed E-state index contributed by atoms with van der Waals surface area (Å²) in [4.78, 5) is 16.8. The maximum atomic E-state index is 10.7. The SMILES string of the molecule is Nc1cc(C(=O)O)cnc1N1CCOCC1. The zero-order valence-corrected chi connectivity index (χ0v) is 8.72. The largest absolute Gasteiger partial charge is 0.478 e. The van der Waals surface area contributed by atoms with Gasteiger partial charge in [-0.1, -0.05) is 0 Å². The Morgan fingerprint density at radius 3 is 2.75 bits per heavy atom. The van der Waals surface area contributed by atoms with E-state index in [9.17, 15) is 4.79 Å². The Hall–Kier alpha value is -1.82. The second-order valence-electron chi connectivity index (χ2n) is 3.54. The van der Waals surface area contributed by atoms with Gasteiger partial charge in [0, 0.05) is 19.3 Å². The smallest absolute Gasteiger partial charge is 0.337 e. The lowest BCUT2D eigenvalue weighted by molar-refractivity contribution is 0.0696. The average molecular weight is 223 g/mol. The van der Waals surface area contributed by atoms with Gasteiger partial charge in [0.1, 0.15) is 0 Å². The fraction of sp³-hybridized carbons (Fsp3) is 0.400. The number of nitrogens with zero attached hydrogens (tertiary/aromatic N) is 2. The van der Waals surface area contributed by atoms with Crippen molar-refractivity contribution in [3.8, 4) is 0 Å². The highest BCUT2D eigenvalue weighted by Crippen LogP contribution is 2.21. The lowest BCUT2D eigenvalue weighted by Gasteiger charge is -2.28. The van der Waals surface area contributed by atoms with Gasteiger partial charge < -0.3 is 20.5 Å². The van der Waals surface area contributed by atoms with Gasteiger partial charge in [-0.05, 0) is 6.07 Å². The summed E-state index contributed by atoms with van der Waals surface area (Å²) in [5, 5.41) is 8.78. The molecule has 3 N–H and O–H groups in total. The second-order valence-corrected chi connectivity index (χ2v) is 3.54. The molecule has 6 heteroatoms. The van der Waals surface area contributed by atoms with Crippen LogP contribution in [0.5, 0.6) is 0 Å². The monoisotopic (exact) mass is 223 g/mol. The highest BCUT2D eigenvalue weighted by molar-refractivity contribution is 5.89. The molecule has 1 aromatic heterocycles. The van der Waals surface area contributed by atoms with Crippen molar-refractivity contribution in [2.45, 2.75) is 0 Å². The number of carboxylic acid groups (broad SMARTS) is 1. The molecule has 1 aliphatic rings. The van der Waals surface area contributed by atoms with E-state index in [0.29, 0.717) is 24.7 Å². The van der Waals surface area contributed by atoms with Crippen LogP contribution in [-0.4, -0.2) is 42.4 Å². The molecule has 6 nitrogen and oxygen atoms in total. The molecule has 0 aliphatic carbocycles. The number of rotatable bonds is 2. The lowest BCUT2D eigenvalue weighted by Crippen LogP contribution is -2.37. The predicted molar refractivity (Wildman–Crippen MR) is 58.6 cm³/mol. The highest BCUT2D eigenvalue weighted by Gasteiger charge is 2.16. The number of nitrogen functional groups attached to an aromatic ring is 1. The molecule has 0 spiro atoms. The number of aromatic carboxylic acids is 1. The quantitative estimate of drug-likeness (QED) is 0.744. The van der Waals surface area contributed by atoms with Gasteiger partial charge in [-0.3, -0.25) is 0 Å². The summed E-state index contributed by atoms with van der Waals surface area (Å²) < 4.78 is 5.22. The minimum absolute atomic E-state index is 0.106. The molecule has 86 valence electrons. The van der Waals surface area contributed by atoms with E-state index in [1.54, 1.807) is 0 Å². The minimum atomic E-state index is -1.02. The van der Waals surface area contributed by atoms with Crippen molar-refractivity contribution in [3.05, 3.63) is 17.8 Å². The van der Waals surface area contributed by atoms with Crippen molar-refractivity contribution in [1.29, 1.82) is 0 Å². The minimum Gasteiger partial charge on any atom is -0.478 e. The highest BCUT2D eigenvalue weighted by atomic mass is 16.5. The molecule has 16 heavy (non-hydrogen) atoms. The number of carbonyl (C=O) groups is 1. The molecule has 0 radical (unpaired) electrons. The molecule has 0 saturated carbocycles. The van der Waals surface area contributed by atoms with Crippen molar-refractivity contribution in [2.24, 2.45) is 0 Å². The lowest BCUT2D eigenvalue weighted by atomic mass is 10.2. The van der Waals surface area contributed by atoms with Crippen LogP contribution in [0.15, 0.2) is 12.3 Å². The Bertz CT molecular complexity index is 402. The van der Waals surface area contributed by atoms with Crippen LogP contribution in [0.3, 0.4) is 0 Å². The summed E-state index contributed by atoms with van der Waals surface area (Å²) >= 11 is 0. The van der Waals surface area contributed by atoms with Crippen molar-refractivity contribution in [3.63, 3.8) is 0 Å². The van der Waals surface area contributed by atoms with Gasteiger partial charge in [-0.2, -0.15) is 0 Å².